The number of nitrogens with one attached hydrogen (secondary N) is 1. The number of hydrogen-bond donors (Lipinski definition) is 1. The molecule has 0 radical (unpaired) electrons. The van der Waals surface area contributed by atoms with Crippen molar-refractivity contribution in [2.24, 2.45) is 5.92 Å². The van der Waals surface area contributed by atoms with Gasteiger partial charge in [-0.25, -0.2) is 9.59 Å². The van der Waals surface area contributed by atoms with E-state index in [1.807, 2.05) is 0 Å². The van der Waals surface area contributed by atoms with Gasteiger partial charge in [0.05, 0.1) is 12.2 Å². The number of hydrogen-bond acceptors (Lipinski definition) is 5. The molecule has 1 aliphatic rings. The quantitative estimate of drug-likeness (QED) is 0.624. The van der Waals surface area contributed by atoms with E-state index in [2.05, 4.69) is 5.32 Å². The number of amides is 2. The number of carbonyl (C=O) groups is 2. The molecule has 2 aromatic carbocycles. The zero-order valence-corrected chi connectivity index (χ0v) is 18.4. The van der Waals surface area contributed by atoms with Crippen molar-refractivity contribution >= 4 is 17.9 Å². The molecule has 10 heteroatoms. The maximum absolute atomic E-state index is 13.3. The normalized spacial score (nSPS) is 14.3. The molecule has 1 fully saturated rings. The number of ether oxygens (including phenoxy) is 3. The van der Waals surface area contributed by atoms with Gasteiger partial charge in [-0.15, -0.1) is 0 Å². The summed E-state index contributed by atoms with van der Waals surface area (Å²) in [5.41, 5.74) is -1.70. The van der Waals surface area contributed by atoms with E-state index in [9.17, 15) is 22.8 Å². The average molecular weight is 466 g/mol. The minimum atomic E-state index is -4.64. The van der Waals surface area contributed by atoms with Crippen molar-refractivity contribution in [1.82, 2.24) is 4.90 Å². The highest BCUT2D eigenvalue weighted by molar-refractivity contribution is 5.86. The monoisotopic (exact) mass is 466 g/mol. The lowest BCUT2D eigenvalue weighted by atomic mass is 10.0. The molecule has 0 aliphatic carbocycles. The van der Waals surface area contributed by atoms with E-state index in [1.54, 1.807) is 51.1 Å². The molecule has 1 saturated heterocycles. The van der Waals surface area contributed by atoms with Gasteiger partial charge >= 0.3 is 18.4 Å². The lowest BCUT2D eigenvalue weighted by Gasteiger charge is -2.39. The maximum Gasteiger partial charge on any atom is 0.417 e. The number of anilines is 1. The van der Waals surface area contributed by atoms with Crippen LogP contribution in [0, 0.1) is 5.92 Å². The Bertz CT molecular complexity index is 984. The van der Waals surface area contributed by atoms with Crippen LogP contribution >= 0.6 is 0 Å². The zero-order chi connectivity index (χ0) is 24.2. The average Bonchev–Trinajstić information content (AvgIpc) is 2.65. The summed E-state index contributed by atoms with van der Waals surface area (Å²) >= 11 is 0. The van der Waals surface area contributed by atoms with E-state index >= 15 is 0 Å². The van der Waals surface area contributed by atoms with E-state index in [-0.39, 0.29) is 29.7 Å². The van der Waals surface area contributed by atoms with Crippen LogP contribution in [-0.2, 0) is 10.9 Å². The minimum Gasteiger partial charge on any atom is -0.493 e. The molecular weight excluding hydrogens is 441 g/mol. The van der Waals surface area contributed by atoms with E-state index < -0.39 is 29.5 Å². The topological polar surface area (TPSA) is 77.1 Å². The van der Waals surface area contributed by atoms with Gasteiger partial charge in [0.25, 0.3) is 0 Å². The molecule has 0 unspecified atom stereocenters. The van der Waals surface area contributed by atoms with Crippen molar-refractivity contribution < 1.29 is 37.0 Å². The Morgan fingerprint density at radius 1 is 1.03 bits per heavy atom. The predicted octanol–water partition coefficient (Wildman–Crippen LogP) is 5.56. The van der Waals surface area contributed by atoms with Crippen LogP contribution in [0.1, 0.15) is 26.3 Å². The van der Waals surface area contributed by atoms with Crippen molar-refractivity contribution in [3.05, 3.63) is 54.1 Å². The number of likely N-dealkylation sites (tertiary alicyclic amines) is 1. The second kappa shape index (κ2) is 9.60. The molecule has 1 N–H and O–H groups in total. The van der Waals surface area contributed by atoms with Crippen molar-refractivity contribution in [1.29, 1.82) is 0 Å². The van der Waals surface area contributed by atoms with Crippen LogP contribution in [0.5, 0.6) is 11.5 Å². The molecule has 7 nitrogen and oxygen atoms in total. The second-order valence-electron chi connectivity index (χ2n) is 8.63. The van der Waals surface area contributed by atoms with Gasteiger partial charge < -0.3 is 19.1 Å². The highest BCUT2D eigenvalue weighted by Gasteiger charge is 2.35. The van der Waals surface area contributed by atoms with E-state index in [0.29, 0.717) is 13.1 Å². The molecule has 0 aromatic heterocycles. The zero-order valence-electron chi connectivity index (χ0n) is 18.4. The molecule has 3 rings (SSSR count). The van der Waals surface area contributed by atoms with Crippen molar-refractivity contribution in [2.45, 2.75) is 32.5 Å². The Kier molecular flexibility index (Phi) is 7.04. The third kappa shape index (κ3) is 7.30. The van der Waals surface area contributed by atoms with Crippen LogP contribution in [0.2, 0.25) is 0 Å². The lowest BCUT2D eigenvalue weighted by molar-refractivity contribution is -0.137. The summed E-state index contributed by atoms with van der Waals surface area (Å²) in [4.78, 5) is 25.5. The first-order valence-electron chi connectivity index (χ1n) is 10.3. The lowest BCUT2D eigenvalue weighted by Crippen LogP contribution is -2.53. The van der Waals surface area contributed by atoms with Gasteiger partial charge in [-0.3, -0.25) is 5.32 Å². The summed E-state index contributed by atoms with van der Waals surface area (Å²) in [6, 6.07) is 11.1. The molecule has 1 heterocycles. The molecule has 0 spiro atoms. The number of benzene rings is 2. The summed E-state index contributed by atoms with van der Waals surface area (Å²) in [6.07, 6.45) is -6.01. The minimum absolute atomic E-state index is 0.0495. The Labute approximate surface area is 189 Å². The number of alkyl halides is 3. The number of para-hydroxylation sites is 1. The number of nitrogens with zero attached hydrogens (tertiary/aromatic N) is 1. The van der Waals surface area contributed by atoms with Gasteiger partial charge in [0.15, 0.2) is 0 Å². The second-order valence-corrected chi connectivity index (χ2v) is 8.63. The smallest absolute Gasteiger partial charge is 0.417 e. The summed E-state index contributed by atoms with van der Waals surface area (Å²) < 4.78 is 55.8. The molecule has 178 valence electrons. The molecule has 0 bridgehead atoms. The van der Waals surface area contributed by atoms with Crippen LogP contribution in [-0.4, -0.2) is 42.4 Å². The molecule has 0 atom stereocenters. The first kappa shape index (κ1) is 24.2. The summed E-state index contributed by atoms with van der Waals surface area (Å²) in [6.45, 7) is 6.15. The summed E-state index contributed by atoms with van der Waals surface area (Å²) in [7, 11) is 0. The van der Waals surface area contributed by atoms with Gasteiger partial charge in [-0.1, -0.05) is 18.2 Å². The highest BCUT2D eigenvalue weighted by atomic mass is 19.4. The van der Waals surface area contributed by atoms with Crippen molar-refractivity contribution in [3.63, 3.8) is 0 Å². The largest absolute Gasteiger partial charge is 0.493 e. The molecule has 2 amide bonds. The van der Waals surface area contributed by atoms with Crippen molar-refractivity contribution in [2.75, 3.05) is 25.0 Å². The third-order valence-corrected chi connectivity index (χ3v) is 4.53. The Morgan fingerprint density at radius 2 is 1.70 bits per heavy atom. The first-order valence-corrected chi connectivity index (χ1v) is 10.3. The predicted molar refractivity (Wildman–Crippen MR) is 114 cm³/mol. The van der Waals surface area contributed by atoms with Gasteiger partial charge in [0, 0.05) is 30.8 Å². The van der Waals surface area contributed by atoms with E-state index in [1.165, 1.54) is 11.0 Å². The van der Waals surface area contributed by atoms with Gasteiger partial charge in [-0.05, 0) is 45.0 Å². The van der Waals surface area contributed by atoms with Crippen LogP contribution < -0.4 is 14.8 Å². The van der Waals surface area contributed by atoms with Gasteiger partial charge in [0.1, 0.15) is 17.1 Å². The Hall–Kier alpha value is -3.43. The molecule has 1 aliphatic heterocycles. The van der Waals surface area contributed by atoms with Crippen LogP contribution in [0.3, 0.4) is 0 Å². The van der Waals surface area contributed by atoms with E-state index in [0.717, 1.165) is 12.1 Å². The molecular formula is C23H25F3N2O5. The number of halogens is 3. The van der Waals surface area contributed by atoms with Gasteiger partial charge in [0.2, 0.25) is 0 Å². The highest BCUT2D eigenvalue weighted by Crippen LogP contribution is 2.34. The fourth-order valence-corrected chi connectivity index (χ4v) is 3.02. The fourth-order valence-electron chi connectivity index (χ4n) is 3.02. The van der Waals surface area contributed by atoms with Crippen LogP contribution in [0.4, 0.5) is 28.4 Å². The Balaban J connectivity index is 1.60. The van der Waals surface area contributed by atoms with Gasteiger partial charge in [-0.2, -0.15) is 13.2 Å². The van der Waals surface area contributed by atoms with Crippen LogP contribution in [0.15, 0.2) is 48.5 Å². The summed E-state index contributed by atoms with van der Waals surface area (Å²) in [5.74, 6) is 0.139. The maximum atomic E-state index is 13.3. The number of rotatable bonds is 5. The molecule has 0 saturated carbocycles. The Morgan fingerprint density at radius 3 is 2.30 bits per heavy atom. The van der Waals surface area contributed by atoms with Crippen LogP contribution in [0.25, 0.3) is 0 Å². The number of carbonyl (C=O) groups excluding carboxylic acids is 2. The SMILES string of the molecule is CC(C)(C)OC(=O)N1CC(COc2cc(NC(=O)Oc3ccccc3)cc(C(F)(F)F)c2)C1. The molecule has 2 aromatic rings. The molecule has 33 heavy (non-hydrogen) atoms. The van der Waals surface area contributed by atoms with E-state index in [4.69, 9.17) is 14.2 Å². The fraction of sp³-hybridized carbons (Fsp3) is 0.391. The first-order chi connectivity index (χ1) is 15.4. The standard InChI is InChI=1S/C23H25F3N2O5/c1-22(2,3)33-21(30)28-12-15(13-28)14-31-19-10-16(23(24,25)26)9-17(11-19)27-20(29)32-18-7-5-4-6-8-18/h4-11,15H,12-14H2,1-3H3,(H,27,29). The van der Waals surface area contributed by atoms with Crippen molar-refractivity contribution in [3.8, 4) is 11.5 Å². The third-order valence-electron chi connectivity index (χ3n) is 4.53. The summed E-state index contributed by atoms with van der Waals surface area (Å²) in [5, 5.41) is 2.29.